The highest BCUT2D eigenvalue weighted by Gasteiger charge is 2.17. The van der Waals surface area contributed by atoms with Crippen LogP contribution in [0.5, 0.6) is 5.75 Å². The van der Waals surface area contributed by atoms with Crippen LogP contribution < -0.4 is 21.7 Å². The molecule has 0 saturated carbocycles. The van der Waals surface area contributed by atoms with E-state index in [4.69, 9.17) is 9.72 Å². The fourth-order valence-electron chi connectivity index (χ4n) is 1.65. The van der Waals surface area contributed by atoms with Gasteiger partial charge in [0.05, 0.1) is 17.8 Å². The first-order valence-electron chi connectivity index (χ1n) is 6.07. The maximum Gasteiger partial charge on any atom is 0.118 e. The van der Waals surface area contributed by atoms with Crippen molar-refractivity contribution in [3.63, 3.8) is 0 Å². The van der Waals surface area contributed by atoms with Crippen LogP contribution in [0, 0.1) is 0 Å². The smallest absolute Gasteiger partial charge is 0.118 e. The molecule has 0 bridgehead atoms. The molecule has 0 amide bonds. The third kappa shape index (κ3) is 4.32. The van der Waals surface area contributed by atoms with Crippen molar-refractivity contribution in [3.05, 3.63) is 45.9 Å². The summed E-state index contributed by atoms with van der Waals surface area (Å²) in [6.07, 6.45) is 0.894. The summed E-state index contributed by atoms with van der Waals surface area (Å²) in [5.74, 6) is 0.897. The highest BCUT2D eigenvalue weighted by molar-refractivity contribution is 7.09. The van der Waals surface area contributed by atoms with Crippen molar-refractivity contribution in [1.82, 2.24) is 4.98 Å². The molecule has 104 valence electrons. The maximum absolute atomic E-state index is 5.16. The molecule has 1 heterocycles. The number of benzene rings is 1. The predicted molar refractivity (Wildman–Crippen MR) is 76.6 cm³/mol. The first kappa shape index (κ1) is 16.2. The van der Waals surface area contributed by atoms with Crippen LogP contribution in [0.15, 0.2) is 29.6 Å². The number of hydrogen-bond donors (Lipinski definition) is 0. The molecule has 19 heavy (non-hydrogen) atoms. The number of nitrogens with zero attached hydrogens (tertiary/aromatic N) is 1. The number of aromatic nitrogens is 1. The molecule has 1 aromatic heterocycles. The lowest BCUT2D eigenvalue weighted by molar-refractivity contribution is -0.00000446. The summed E-state index contributed by atoms with van der Waals surface area (Å²) in [5.41, 5.74) is 2.58. The summed E-state index contributed by atoms with van der Waals surface area (Å²) >= 11 is 1.74. The van der Waals surface area contributed by atoms with E-state index < -0.39 is 0 Å². The Morgan fingerprint density at radius 3 is 2.26 bits per heavy atom. The SMILES string of the molecule is COc1ccc(Cc2nc(C(C)(C)C)cs2)cc1.[Br-]. The molecule has 1 aromatic carbocycles. The van der Waals surface area contributed by atoms with Crippen LogP contribution in [-0.2, 0) is 11.8 Å². The number of thiazole rings is 1. The van der Waals surface area contributed by atoms with Gasteiger partial charge in [0.2, 0.25) is 0 Å². The van der Waals surface area contributed by atoms with E-state index in [9.17, 15) is 0 Å². The van der Waals surface area contributed by atoms with Gasteiger partial charge < -0.3 is 21.7 Å². The lowest BCUT2D eigenvalue weighted by atomic mass is 9.93. The Hall–Kier alpha value is -0.870. The van der Waals surface area contributed by atoms with E-state index in [0.717, 1.165) is 12.2 Å². The van der Waals surface area contributed by atoms with E-state index in [1.807, 2.05) is 12.1 Å². The van der Waals surface area contributed by atoms with Crippen LogP contribution in [0.3, 0.4) is 0 Å². The van der Waals surface area contributed by atoms with Crippen molar-refractivity contribution >= 4 is 11.3 Å². The third-order valence-electron chi connectivity index (χ3n) is 2.83. The van der Waals surface area contributed by atoms with Gasteiger partial charge in [0, 0.05) is 17.2 Å². The average molecular weight is 341 g/mol. The van der Waals surface area contributed by atoms with Crippen molar-refractivity contribution in [3.8, 4) is 5.75 Å². The second kappa shape index (κ2) is 6.53. The highest BCUT2D eigenvalue weighted by atomic mass is 79.9. The van der Waals surface area contributed by atoms with Gasteiger partial charge in [-0.1, -0.05) is 32.9 Å². The van der Waals surface area contributed by atoms with Crippen LogP contribution in [0.1, 0.15) is 37.0 Å². The molecule has 2 nitrogen and oxygen atoms in total. The standard InChI is InChI=1S/C15H19NOS.BrH/c1-15(2,3)13-10-18-14(16-13)9-11-5-7-12(17-4)8-6-11;/h5-8,10H,9H2,1-4H3;1H/p-1. The zero-order chi connectivity index (χ0) is 13.2. The lowest BCUT2D eigenvalue weighted by Gasteiger charge is -2.14. The van der Waals surface area contributed by atoms with Gasteiger partial charge in [0.1, 0.15) is 5.75 Å². The summed E-state index contributed by atoms with van der Waals surface area (Å²) in [7, 11) is 1.69. The molecule has 0 spiro atoms. The molecule has 0 fully saturated rings. The van der Waals surface area contributed by atoms with Gasteiger partial charge in [0.15, 0.2) is 0 Å². The van der Waals surface area contributed by atoms with Crippen LogP contribution in [-0.4, -0.2) is 12.1 Å². The molecule has 4 heteroatoms. The zero-order valence-corrected chi connectivity index (χ0v) is 14.1. The molecule has 0 aliphatic rings. The molecule has 2 rings (SSSR count). The van der Waals surface area contributed by atoms with E-state index >= 15 is 0 Å². The van der Waals surface area contributed by atoms with Gasteiger partial charge >= 0.3 is 0 Å². The van der Waals surface area contributed by atoms with Crippen molar-refractivity contribution in [2.45, 2.75) is 32.6 Å². The lowest BCUT2D eigenvalue weighted by Crippen LogP contribution is -3.00. The Labute approximate surface area is 129 Å². The number of rotatable bonds is 3. The molecule has 0 radical (unpaired) electrons. The fraction of sp³-hybridized carbons (Fsp3) is 0.400. The van der Waals surface area contributed by atoms with Crippen molar-refractivity contribution in [2.75, 3.05) is 7.11 Å². The van der Waals surface area contributed by atoms with Gasteiger partial charge in [0.25, 0.3) is 0 Å². The molecular weight excluding hydrogens is 322 g/mol. The van der Waals surface area contributed by atoms with Gasteiger partial charge in [-0.05, 0) is 17.7 Å². The van der Waals surface area contributed by atoms with Crippen LogP contribution >= 0.6 is 11.3 Å². The Morgan fingerprint density at radius 2 is 1.79 bits per heavy atom. The minimum absolute atomic E-state index is 0. The van der Waals surface area contributed by atoms with Gasteiger partial charge in [-0.15, -0.1) is 11.3 Å². The molecule has 0 saturated heterocycles. The topological polar surface area (TPSA) is 22.1 Å². The van der Waals surface area contributed by atoms with E-state index in [-0.39, 0.29) is 22.4 Å². The Balaban J connectivity index is 0.00000180. The first-order valence-corrected chi connectivity index (χ1v) is 6.95. The maximum atomic E-state index is 5.16. The Kier molecular flexibility index (Phi) is 5.56. The quantitative estimate of drug-likeness (QED) is 0.833. The molecule has 0 aliphatic heterocycles. The third-order valence-corrected chi connectivity index (χ3v) is 3.68. The van der Waals surface area contributed by atoms with Crippen molar-refractivity contribution in [1.29, 1.82) is 0 Å². The molecule has 0 aliphatic carbocycles. The predicted octanol–water partition coefficient (Wildman–Crippen LogP) is 1.04. The van der Waals surface area contributed by atoms with Gasteiger partial charge in [-0.25, -0.2) is 4.98 Å². The van der Waals surface area contributed by atoms with Crippen LogP contribution in [0.2, 0.25) is 0 Å². The summed E-state index contributed by atoms with van der Waals surface area (Å²) < 4.78 is 5.16. The number of methoxy groups -OCH3 is 1. The van der Waals surface area contributed by atoms with Crippen molar-refractivity contribution in [2.24, 2.45) is 0 Å². The Morgan fingerprint density at radius 1 is 1.16 bits per heavy atom. The normalized spacial score (nSPS) is 10.9. The summed E-state index contributed by atoms with van der Waals surface area (Å²) in [4.78, 5) is 4.71. The molecule has 0 atom stereocenters. The molecule has 0 unspecified atom stereocenters. The summed E-state index contributed by atoms with van der Waals surface area (Å²) in [6.45, 7) is 6.58. The van der Waals surface area contributed by atoms with E-state index in [1.165, 1.54) is 16.3 Å². The molecule has 2 aromatic rings. The van der Waals surface area contributed by atoms with E-state index in [0.29, 0.717) is 0 Å². The number of halogens is 1. The summed E-state index contributed by atoms with van der Waals surface area (Å²) in [6, 6.07) is 8.18. The van der Waals surface area contributed by atoms with E-state index in [2.05, 4.69) is 38.3 Å². The van der Waals surface area contributed by atoms with Gasteiger partial charge in [-0.2, -0.15) is 0 Å². The van der Waals surface area contributed by atoms with Crippen LogP contribution in [0.4, 0.5) is 0 Å². The number of ether oxygens (including phenoxy) is 1. The highest BCUT2D eigenvalue weighted by Crippen LogP contribution is 2.25. The van der Waals surface area contributed by atoms with Crippen molar-refractivity contribution < 1.29 is 21.7 Å². The minimum atomic E-state index is 0. The monoisotopic (exact) mass is 340 g/mol. The zero-order valence-electron chi connectivity index (χ0n) is 11.7. The second-order valence-electron chi connectivity index (χ2n) is 5.40. The summed E-state index contributed by atoms with van der Waals surface area (Å²) in [5, 5.41) is 3.34. The van der Waals surface area contributed by atoms with E-state index in [1.54, 1.807) is 18.4 Å². The molecule has 0 N–H and O–H groups in total. The van der Waals surface area contributed by atoms with Crippen LogP contribution in [0.25, 0.3) is 0 Å². The first-order chi connectivity index (χ1) is 8.49. The fourth-order valence-corrected chi connectivity index (χ4v) is 2.71. The average Bonchev–Trinajstić information content (AvgIpc) is 2.78. The molecular formula is C15H19BrNOS-. The Bertz CT molecular complexity index is 514. The number of hydrogen-bond acceptors (Lipinski definition) is 3. The largest absolute Gasteiger partial charge is 1.00 e. The van der Waals surface area contributed by atoms with Gasteiger partial charge in [-0.3, -0.25) is 0 Å². The second-order valence-corrected chi connectivity index (χ2v) is 6.34. The minimum Gasteiger partial charge on any atom is -1.00 e.